The van der Waals surface area contributed by atoms with Crippen LogP contribution < -0.4 is 76.1 Å². The molecule has 3 aliphatic heterocycles. The highest BCUT2D eigenvalue weighted by Crippen LogP contribution is 2.45. The molecule has 3 fully saturated rings. The number of Topliss-reactive ketones (excluding diaryl/α,β-unsaturated/α-hetero) is 2. The van der Waals surface area contributed by atoms with Crippen LogP contribution >= 0.6 is 22.1 Å². The minimum absolute atomic E-state index is 0.00611. The number of carbonyl (C=O) groups is 15. The molecule has 0 aliphatic carbocycles. The van der Waals surface area contributed by atoms with Crippen molar-refractivity contribution in [2.75, 3.05) is 109 Å². The second-order valence-corrected chi connectivity index (χ2v) is 37.2. The third-order valence-electron chi connectivity index (χ3n) is 19.7. The first-order chi connectivity index (χ1) is 56.7. The van der Waals surface area contributed by atoms with Gasteiger partial charge in [-0.2, -0.15) is 0 Å². The molecular formula is C74H116N19O24P3. The molecule has 10 amide bonds. The number of amides is 10. The molecule has 120 heavy (non-hydrogen) atoms. The van der Waals surface area contributed by atoms with Crippen LogP contribution in [0.2, 0.25) is 0 Å². The van der Waals surface area contributed by atoms with Gasteiger partial charge in [-0.15, -0.1) is 0 Å². The third kappa shape index (κ3) is 40.8. The Balaban J connectivity index is 1.22. The number of aliphatic carboxylic acids is 3. The topological polar surface area (TPSA) is 687 Å². The molecule has 3 heterocycles. The number of ketones is 2. The van der Waals surface area contributed by atoms with Crippen molar-refractivity contribution >= 4 is 123 Å². The summed E-state index contributed by atoms with van der Waals surface area (Å²) in [6.07, 6.45) is -6.21. The van der Waals surface area contributed by atoms with Gasteiger partial charge >= 0.3 is 17.9 Å². The Labute approximate surface area is 693 Å². The number of nitrogens with two attached hydrogens (primary N) is 4. The standard InChI is InChI=1S/C74H116N19O24P3/c75-73(76)80-27-12-21-52-67(106)82-43-61(97)84-56(41-64(101)102)59(95)40-50(38-48-14-4-1-5-15-48)66(105)86-54(69(108)87-52)20-10-11-26-79-60(96)24-36-119(114,115)46-92-31-29-91(30-33-93(34-32-92)47-120(116,117)37-25-63(99)100)45-118(112,113)35-23-51(94)18-8-3-9-19-55-70(109)88-53(22-13-28-81-74(77)78)68(107)83-44-62(98)85-58(42-65(103)104)72(111)90-57(71(110)89-55)39-49-16-6-2-7-17-49/h1-2,4-7,14-17,50,52-58H,3,8-13,18-47H2,(H,79,96)(H,82,106)(H,83,107)(H,84,97)(H,85,98)(H,86,105)(H,87,108)(H,88,109)(H,89,110)(H,90,111)(H,99,100)(H,101,102)(H,103,104)(H,112,113)(H,114,115)(H,116,117)(H4,75,76,80)(H4,77,78,81)/t50-,52-,53-,54-,55-,56-,57+,58-/m0/s1. The van der Waals surface area contributed by atoms with Crippen LogP contribution in [0.1, 0.15) is 127 Å². The van der Waals surface area contributed by atoms with Gasteiger partial charge in [0, 0.05) is 115 Å². The van der Waals surface area contributed by atoms with Gasteiger partial charge in [0.1, 0.15) is 42.0 Å². The Morgan fingerprint density at radius 2 is 0.800 bits per heavy atom. The highest BCUT2D eigenvalue weighted by molar-refractivity contribution is 7.58. The van der Waals surface area contributed by atoms with Crippen LogP contribution in [0.15, 0.2) is 70.6 Å². The van der Waals surface area contributed by atoms with Gasteiger partial charge in [0.25, 0.3) is 0 Å². The van der Waals surface area contributed by atoms with E-state index in [1.54, 1.807) is 70.5 Å². The average Bonchev–Trinajstić information content (AvgIpc) is 1.30. The van der Waals surface area contributed by atoms with Crippen molar-refractivity contribution in [2.24, 2.45) is 38.8 Å². The average molecular weight is 1750 g/mol. The lowest BCUT2D eigenvalue weighted by molar-refractivity contribution is -0.141. The van der Waals surface area contributed by atoms with Crippen molar-refractivity contribution in [1.82, 2.24) is 67.9 Å². The predicted molar refractivity (Wildman–Crippen MR) is 437 cm³/mol. The second kappa shape index (κ2) is 51.5. The van der Waals surface area contributed by atoms with E-state index in [0.717, 1.165) is 0 Å². The predicted octanol–water partition coefficient (Wildman–Crippen LogP) is -3.58. The normalized spacial score (nSPS) is 22.5. The maximum Gasteiger partial charge on any atom is 0.305 e. The molecule has 5 rings (SSSR count). The van der Waals surface area contributed by atoms with Gasteiger partial charge in [0.2, 0.25) is 81.2 Å². The van der Waals surface area contributed by atoms with E-state index in [1.165, 1.54) is 4.90 Å². The molecule has 3 saturated heterocycles. The van der Waals surface area contributed by atoms with E-state index in [9.17, 15) is 116 Å². The first-order valence-corrected chi connectivity index (χ1v) is 45.7. The Kier molecular flexibility index (Phi) is 43.1. The van der Waals surface area contributed by atoms with Gasteiger partial charge < -0.3 is 106 Å². The lowest BCUT2D eigenvalue weighted by Gasteiger charge is -2.28. The van der Waals surface area contributed by atoms with Gasteiger partial charge in [-0.1, -0.05) is 73.5 Å². The number of nitrogens with zero attached hydrogens (tertiary/aromatic N) is 5. The number of hydrogen-bond donors (Lipinski definition) is 20. The minimum Gasteiger partial charge on any atom is -0.481 e. The fourth-order valence-electron chi connectivity index (χ4n) is 13.3. The zero-order valence-corrected chi connectivity index (χ0v) is 69.7. The molecule has 3 unspecified atom stereocenters. The van der Waals surface area contributed by atoms with E-state index in [2.05, 4.69) is 63.2 Å². The van der Waals surface area contributed by atoms with Crippen LogP contribution in [0.4, 0.5) is 0 Å². The molecule has 11 atom stereocenters. The maximum absolute atomic E-state index is 14.3. The smallest absolute Gasteiger partial charge is 0.305 e. The Morgan fingerprint density at radius 3 is 1.26 bits per heavy atom. The fraction of sp³-hybridized carbons (Fsp3) is 0.608. The van der Waals surface area contributed by atoms with Crippen molar-refractivity contribution in [1.29, 1.82) is 0 Å². The van der Waals surface area contributed by atoms with Gasteiger partial charge in [-0.05, 0) is 75.3 Å². The number of aliphatic imine (C=N–C) groups is 2. The van der Waals surface area contributed by atoms with Crippen molar-refractivity contribution in [3.8, 4) is 0 Å². The summed E-state index contributed by atoms with van der Waals surface area (Å²) in [7, 11) is -12.6. The summed E-state index contributed by atoms with van der Waals surface area (Å²) in [4.78, 5) is 246. The molecule has 0 bridgehead atoms. The summed E-state index contributed by atoms with van der Waals surface area (Å²) in [6.45, 7) is -1.35. The molecule has 0 spiro atoms. The van der Waals surface area contributed by atoms with E-state index >= 15 is 0 Å². The summed E-state index contributed by atoms with van der Waals surface area (Å²) in [5, 5.41) is 53.8. The lowest BCUT2D eigenvalue weighted by Crippen LogP contribution is -2.58. The lowest BCUT2D eigenvalue weighted by atomic mass is 9.90. The molecule has 46 heteroatoms. The number of nitrogens with one attached hydrogen (secondary N) is 10. The molecule has 0 radical (unpaired) electrons. The quantitative estimate of drug-likeness (QED) is 0.0132. The second-order valence-electron chi connectivity index (χ2n) is 29.9. The monoisotopic (exact) mass is 1750 g/mol. The van der Waals surface area contributed by atoms with Crippen molar-refractivity contribution in [2.45, 2.75) is 171 Å². The number of unbranched alkanes of at least 4 members (excludes halogenated alkanes) is 3. The summed E-state index contributed by atoms with van der Waals surface area (Å²) < 4.78 is 41.4. The van der Waals surface area contributed by atoms with Crippen molar-refractivity contribution in [3.63, 3.8) is 0 Å². The Bertz CT molecular complexity index is 3830. The van der Waals surface area contributed by atoms with Gasteiger partial charge in [-0.25, -0.2) is 0 Å². The Hall–Kier alpha value is -10.1. The number of benzene rings is 2. The Morgan fingerprint density at radius 1 is 0.417 bits per heavy atom. The molecule has 666 valence electrons. The number of hydrogen-bond acceptors (Lipinski definition) is 23. The zero-order valence-electron chi connectivity index (χ0n) is 67.0. The van der Waals surface area contributed by atoms with Gasteiger partial charge in [0.15, 0.2) is 17.7 Å². The summed E-state index contributed by atoms with van der Waals surface area (Å²) in [5.41, 5.74) is 23.1. The largest absolute Gasteiger partial charge is 0.481 e. The molecule has 3 aliphatic rings. The first-order valence-electron chi connectivity index (χ1n) is 39.6. The minimum atomic E-state index is -4.25. The molecule has 24 N–H and O–H groups in total. The number of carboxylic acids is 3. The molecule has 2 aromatic carbocycles. The maximum atomic E-state index is 14.3. The molecule has 0 saturated carbocycles. The SMILES string of the molecule is NC(N)=NCCC[C@@H]1NC(=O)[C@H](CCCCNC(=O)CCP(=O)(O)CN2CCN(CP(=O)(O)CCC(=O)O)CCN(CP(=O)(O)CCC(=O)CCCCC[C@@H]3NC(=O)[C@@H](Cc4ccccc4)NC(=O)[C@H](CC(=O)O)NC(=O)CNC(=O)[C@H](CCCN=C(N)N)NC3=O)CC2)NC(=O)[C@@H](Cc2ccccc2)CC(=O)[C@H](CC(=O)O)NC(=O)CNC1=O. The molecule has 43 nitrogen and oxygen atoms in total. The number of guanidine groups is 2. The summed E-state index contributed by atoms with van der Waals surface area (Å²) >= 11 is 0. The van der Waals surface area contributed by atoms with Gasteiger partial charge in [0.05, 0.1) is 57.3 Å². The summed E-state index contributed by atoms with van der Waals surface area (Å²) in [6, 6.07) is 6.71. The first kappa shape index (κ1) is 100. The van der Waals surface area contributed by atoms with E-state index < -0.39 is 241 Å². The van der Waals surface area contributed by atoms with Crippen molar-refractivity contribution in [3.05, 3.63) is 71.8 Å². The van der Waals surface area contributed by atoms with E-state index in [1.807, 2.05) is 0 Å². The van der Waals surface area contributed by atoms with E-state index in [0.29, 0.717) is 11.1 Å². The molecular weight excluding hydrogens is 1630 g/mol. The van der Waals surface area contributed by atoms with E-state index in [4.69, 9.17) is 22.9 Å². The van der Waals surface area contributed by atoms with Crippen LogP contribution in [-0.4, -0.2) is 297 Å². The number of carboxylic acid groups (broad SMARTS) is 3. The third-order valence-corrected chi connectivity index (χ3v) is 25.0. The highest BCUT2D eigenvalue weighted by Gasteiger charge is 2.38. The number of carbonyl (C=O) groups excluding carboxylic acids is 12. The van der Waals surface area contributed by atoms with Crippen molar-refractivity contribution < 1.29 is 116 Å². The highest BCUT2D eigenvalue weighted by atomic mass is 31.2. The van der Waals surface area contributed by atoms with Crippen LogP contribution in [0.3, 0.4) is 0 Å². The molecule has 0 aromatic heterocycles. The van der Waals surface area contributed by atoms with E-state index in [-0.39, 0.29) is 167 Å². The zero-order chi connectivity index (χ0) is 88.5. The summed E-state index contributed by atoms with van der Waals surface area (Å²) in [5.74, 6) is -15.7. The number of rotatable bonds is 42. The van der Waals surface area contributed by atoms with Crippen LogP contribution in [0, 0.1) is 5.92 Å². The fourth-order valence-corrected chi connectivity index (χ4v) is 18.1. The molecule has 2 aromatic rings. The van der Waals surface area contributed by atoms with Crippen LogP contribution in [-0.2, 0) is 98.5 Å². The van der Waals surface area contributed by atoms with Crippen LogP contribution in [0.5, 0.6) is 0 Å². The van der Waals surface area contributed by atoms with Gasteiger partial charge in [-0.3, -0.25) is 110 Å². The van der Waals surface area contributed by atoms with Crippen LogP contribution in [0.25, 0.3) is 0 Å².